The second kappa shape index (κ2) is 7.15. The molecule has 0 aliphatic rings. The first-order chi connectivity index (χ1) is 12.5. The predicted octanol–water partition coefficient (Wildman–Crippen LogP) is 2.91. The Kier molecular flexibility index (Phi) is 4.76. The maximum Gasteiger partial charge on any atom is 0.311 e. The van der Waals surface area contributed by atoms with Crippen molar-refractivity contribution in [3.8, 4) is 5.75 Å². The van der Waals surface area contributed by atoms with Crippen LogP contribution in [0.5, 0.6) is 5.75 Å². The number of imidazole rings is 1. The number of amides is 1. The monoisotopic (exact) mass is 371 g/mol. The lowest BCUT2D eigenvalue weighted by Crippen LogP contribution is -2.17. The number of benzene rings is 2. The fourth-order valence-electron chi connectivity index (χ4n) is 2.33. The highest BCUT2D eigenvalue weighted by Gasteiger charge is 2.14. The molecule has 3 aromatic rings. The highest BCUT2D eigenvalue weighted by Crippen LogP contribution is 2.26. The normalized spacial score (nSPS) is 11.0. The zero-order valence-electron chi connectivity index (χ0n) is 13.5. The number of carbonyl (C=O) groups is 1. The Morgan fingerprint density at radius 3 is 2.77 bits per heavy atom. The summed E-state index contributed by atoms with van der Waals surface area (Å²) in [5.41, 5.74) is 4.53. The van der Waals surface area contributed by atoms with Crippen LogP contribution in [-0.4, -0.2) is 34.1 Å². The summed E-state index contributed by atoms with van der Waals surface area (Å²) in [5.74, 6) is -0.278. The molecule has 0 saturated heterocycles. The number of hydrogen-bond donors (Lipinski definition) is 3. The van der Waals surface area contributed by atoms with E-state index in [-0.39, 0.29) is 11.4 Å². The number of nitrogens with zero attached hydrogens (tertiary/aromatic N) is 2. The molecule has 1 amide bonds. The van der Waals surface area contributed by atoms with Gasteiger partial charge in [0.05, 0.1) is 29.3 Å². The summed E-state index contributed by atoms with van der Waals surface area (Å²) in [6.45, 7) is 0. The highest BCUT2D eigenvalue weighted by molar-refractivity contribution is 7.71. The summed E-state index contributed by atoms with van der Waals surface area (Å²) in [7, 11) is 1.35. The van der Waals surface area contributed by atoms with E-state index in [1.54, 1.807) is 24.3 Å². The first-order valence-electron chi connectivity index (χ1n) is 7.36. The number of aromatic amines is 2. The van der Waals surface area contributed by atoms with Crippen molar-refractivity contribution >= 4 is 41.1 Å². The molecular formula is C16H13N5O4S. The fourth-order valence-corrected chi connectivity index (χ4v) is 2.55. The first kappa shape index (κ1) is 17.3. The fraction of sp³-hybridized carbons (Fsp3) is 0.0625. The molecule has 26 heavy (non-hydrogen) atoms. The van der Waals surface area contributed by atoms with E-state index in [0.29, 0.717) is 21.4 Å². The number of aromatic nitrogens is 2. The second-order valence-electron chi connectivity index (χ2n) is 5.23. The zero-order chi connectivity index (χ0) is 18.7. The Labute approximate surface area is 151 Å². The summed E-state index contributed by atoms with van der Waals surface area (Å²) >= 11 is 5.00. The number of hydrazone groups is 1. The summed E-state index contributed by atoms with van der Waals surface area (Å²) in [6, 6.07) is 9.36. The Morgan fingerprint density at radius 1 is 1.27 bits per heavy atom. The summed E-state index contributed by atoms with van der Waals surface area (Å²) in [6.07, 6.45) is 1.31. The molecule has 2 aromatic carbocycles. The number of hydrogen-bond acceptors (Lipinski definition) is 6. The average Bonchev–Trinajstić information content (AvgIpc) is 3.00. The lowest BCUT2D eigenvalue weighted by atomic mass is 10.2. The minimum Gasteiger partial charge on any atom is -0.490 e. The third-order valence-corrected chi connectivity index (χ3v) is 3.76. The van der Waals surface area contributed by atoms with Gasteiger partial charge >= 0.3 is 5.69 Å². The van der Waals surface area contributed by atoms with E-state index in [1.807, 2.05) is 0 Å². The summed E-state index contributed by atoms with van der Waals surface area (Å²) < 4.78 is 5.40. The van der Waals surface area contributed by atoms with Crippen LogP contribution in [0.1, 0.15) is 15.9 Å². The smallest absolute Gasteiger partial charge is 0.311 e. The molecule has 9 nitrogen and oxygen atoms in total. The van der Waals surface area contributed by atoms with Crippen molar-refractivity contribution in [2.75, 3.05) is 7.11 Å². The third kappa shape index (κ3) is 3.59. The minimum atomic E-state index is -0.551. The van der Waals surface area contributed by atoms with Gasteiger partial charge in [-0.1, -0.05) is 0 Å². The Balaban J connectivity index is 1.74. The number of H-pyrrole nitrogens is 2. The van der Waals surface area contributed by atoms with Crippen LogP contribution in [0, 0.1) is 14.9 Å². The lowest BCUT2D eigenvalue weighted by Gasteiger charge is -2.02. The van der Waals surface area contributed by atoms with Crippen LogP contribution >= 0.6 is 12.2 Å². The quantitative estimate of drug-likeness (QED) is 0.275. The standard InChI is InChI=1S/C16H13N5O4S/c1-25-14-5-2-9(6-13(14)21(23)24)8-17-20-15(22)10-3-4-11-12(7-10)19-16(26)18-11/h2-8H,1H3,(H,20,22)(H2,18,19,26)/b17-8-. The number of nitrogens with one attached hydrogen (secondary N) is 3. The molecule has 0 aliphatic heterocycles. The van der Waals surface area contributed by atoms with Crippen molar-refractivity contribution < 1.29 is 14.5 Å². The number of nitro groups is 1. The average molecular weight is 371 g/mol. The molecule has 1 aromatic heterocycles. The Bertz CT molecular complexity index is 1090. The van der Waals surface area contributed by atoms with E-state index in [2.05, 4.69) is 20.5 Å². The van der Waals surface area contributed by atoms with Gasteiger partial charge in [-0.15, -0.1) is 0 Å². The molecule has 0 atom stereocenters. The van der Waals surface area contributed by atoms with Gasteiger partial charge in [0, 0.05) is 17.2 Å². The van der Waals surface area contributed by atoms with Gasteiger partial charge in [0.2, 0.25) is 0 Å². The lowest BCUT2D eigenvalue weighted by molar-refractivity contribution is -0.385. The van der Waals surface area contributed by atoms with Gasteiger partial charge in [0.15, 0.2) is 10.5 Å². The molecule has 3 rings (SSSR count). The van der Waals surface area contributed by atoms with Crippen LogP contribution < -0.4 is 10.2 Å². The number of methoxy groups -OCH3 is 1. The minimum absolute atomic E-state index is 0.147. The van der Waals surface area contributed by atoms with Crippen LogP contribution in [0.3, 0.4) is 0 Å². The van der Waals surface area contributed by atoms with Crippen molar-refractivity contribution in [2.24, 2.45) is 5.10 Å². The van der Waals surface area contributed by atoms with E-state index in [4.69, 9.17) is 17.0 Å². The molecule has 0 unspecified atom stereocenters. The predicted molar refractivity (Wildman–Crippen MR) is 98.2 cm³/mol. The molecule has 0 fully saturated rings. The highest BCUT2D eigenvalue weighted by atomic mass is 32.1. The molecule has 10 heteroatoms. The van der Waals surface area contributed by atoms with Gasteiger partial charge in [0.25, 0.3) is 5.91 Å². The molecule has 132 valence electrons. The SMILES string of the molecule is COc1ccc(/C=N\NC(=O)c2ccc3[nH]c(=S)[nH]c3c2)cc1[N+](=O)[O-]. The first-order valence-corrected chi connectivity index (χ1v) is 7.76. The van der Waals surface area contributed by atoms with Crippen molar-refractivity contribution in [1.29, 1.82) is 0 Å². The van der Waals surface area contributed by atoms with Crippen molar-refractivity contribution in [3.05, 3.63) is 62.4 Å². The molecular weight excluding hydrogens is 358 g/mol. The summed E-state index contributed by atoms with van der Waals surface area (Å²) in [4.78, 5) is 28.5. The second-order valence-corrected chi connectivity index (χ2v) is 5.64. The number of rotatable bonds is 5. The maximum absolute atomic E-state index is 12.2. The Morgan fingerprint density at radius 2 is 2.04 bits per heavy atom. The molecule has 0 bridgehead atoms. The molecule has 0 radical (unpaired) electrons. The van der Waals surface area contributed by atoms with Crippen LogP contribution in [0.2, 0.25) is 0 Å². The largest absolute Gasteiger partial charge is 0.490 e. The molecule has 0 saturated carbocycles. The Hall–Kier alpha value is -3.53. The van der Waals surface area contributed by atoms with E-state index in [9.17, 15) is 14.9 Å². The number of ether oxygens (including phenoxy) is 1. The van der Waals surface area contributed by atoms with Gasteiger partial charge in [-0.3, -0.25) is 14.9 Å². The van der Waals surface area contributed by atoms with Crippen molar-refractivity contribution in [1.82, 2.24) is 15.4 Å². The van der Waals surface area contributed by atoms with E-state index in [0.717, 1.165) is 5.52 Å². The molecule has 0 aliphatic carbocycles. The van der Waals surface area contributed by atoms with Crippen LogP contribution in [0.15, 0.2) is 41.5 Å². The topological polar surface area (TPSA) is 125 Å². The van der Waals surface area contributed by atoms with Crippen LogP contribution in [0.25, 0.3) is 11.0 Å². The number of nitro benzene ring substituents is 1. The van der Waals surface area contributed by atoms with E-state index >= 15 is 0 Å². The zero-order valence-corrected chi connectivity index (χ0v) is 14.3. The van der Waals surface area contributed by atoms with E-state index in [1.165, 1.54) is 25.5 Å². The van der Waals surface area contributed by atoms with Crippen molar-refractivity contribution in [3.63, 3.8) is 0 Å². The van der Waals surface area contributed by atoms with Gasteiger partial charge < -0.3 is 14.7 Å². The van der Waals surface area contributed by atoms with Crippen LogP contribution in [-0.2, 0) is 0 Å². The van der Waals surface area contributed by atoms with Gasteiger partial charge in [0.1, 0.15) is 0 Å². The summed E-state index contributed by atoms with van der Waals surface area (Å²) in [5, 5.41) is 14.8. The van der Waals surface area contributed by atoms with E-state index < -0.39 is 10.8 Å². The van der Waals surface area contributed by atoms with Gasteiger partial charge in [-0.2, -0.15) is 5.10 Å². The van der Waals surface area contributed by atoms with Gasteiger partial charge in [-0.25, -0.2) is 5.43 Å². The number of carbonyl (C=O) groups excluding carboxylic acids is 1. The molecule has 1 heterocycles. The third-order valence-electron chi connectivity index (χ3n) is 3.56. The molecule has 3 N–H and O–H groups in total. The van der Waals surface area contributed by atoms with Gasteiger partial charge in [-0.05, 0) is 42.5 Å². The maximum atomic E-state index is 12.2. The number of fused-ring (bicyclic) bond motifs is 1. The molecule has 0 spiro atoms. The van der Waals surface area contributed by atoms with Crippen molar-refractivity contribution in [2.45, 2.75) is 0 Å². The van der Waals surface area contributed by atoms with Crippen LogP contribution in [0.4, 0.5) is 5.69 Å².